The number of urea groups is 1. The third kappa shape index (κ3) is 6.53. The Morgan fingerprint density at radius 1 is 1.00 bits per heavy atom. The van der Waals surface area contributed by atoms with E-state index in [0.717, 1.165) is 17.8 Å². The molecule has 0 aromatic heterocycles. The molecule has 0 unspecified atom stereocenters. The van der Waals surface area contributed by atoms with E-state index in [-0.39, 0.29) is 18.7 Å². The molecule has 27 heavy (non-hydrogen) atoms. The van der Waals surface area contributed by atoms with E-state index in [0.29, 0.717) is 0 Å². The van der Waals surface area contributed by atoms with Gasteiger partial charge in [-0.05, 0) is 29.8 Å². The van der Waals surface area contributed by atoms with Crippen LogP contribution < -0.4 is 21.1 Å². The lowest BCUT2D eigenvalue weighted by molar-refractivity contribution is -0.137. The first kappa shape index (κ1) is 20.1. The van der Waals surface area contributed by atoms with Crippen molar-refractivity contribution >= 4 is 17.6 Å². The number of amides is 3. The molecule has 0 aliphatic heterocycles. The van der Waals surface area contributed by atoms with Gasteiger partial charge in [0.1, 0.15) is 0 Å². The average molecular weight is 380 g/mol. The molecule has 0 bridgehead atoms. The Morgan fingerprint density at radius 2 is 1.70 bits per heavy atom. The van der Waals surface area contributed by atoms with Gasteiger partial charge in [0.25, 0.3) is 5.91 Å². The molecule has 3 N–H and O–H groups in total. The minimum absolute atomic E-state index is 0.0118. The summed E-state index contributed by atoms with van der Waals surface area (Å²) in [5.74, 6) is -0.449. The number of hydrogen-bond acceptors (Lipinski definition) is 3. The van der Waals surface area contributed by atoms with Crippen molar-refractivity contribution in [3.63, 3.8) is 0 Å². The first-order valence-electron chi connectivity index (χ1n) is 8.00. The van der Waals surface area contributed by atoms with E-state index < -0.39 is 23.7 Å². The van der Waals surface area contributed by atoms with E-state index in [9.17, 15) is 22.8 Å². The highest BCUT2D eigenvalue weighted by Crippen LogP contribution is 2.29. The lowest BCUT2D eigenvalue weighted by Crippen LogP contribution is -2.49. The highest BCUT2D eigenvalue weighted by atomic mass is 19.4. The predicted octanol–water partition coefficient (Wildman–Crippen LogP) is 2.67. The van der Waals surface area contributed by atoms with E-state index in [1.54, 1.807) is 11.9 Å². The molecule has 0 spiro atoms. The molecule has 0 radical (unpaired) electrons. The topological polar surface area (TPSA) is 73.5 Å². The lowest BCUT2D eigenvalue weighted by atomic mass is 10.1. The molecule has 0 heterocycles. The Labute approximate surface area is 154 Å². The van der Waals surface area contributed by atoms with Gasteiger partial charge in [0.15, 0.2) is 0 Å². The predicted molar refractivity (Wildman–Crippen MR) is 94.7 cm³/mol. The monoisotopic (exact) mass is 380 g/mol. The van der Waals surface area contributed by atoms with Gasteiger partial charge in [0, 0.05) is 19.3 Å². The number of anilines is 1. The van der Waals surface area contributed by atoms with Crippen LogP contribution in [0.1, 0.15) is 11.1 Å². The molecule has 2 rings (SSSR count). The van der Waals surface area contributed by atoms with Gasteiger partial charge in [-0.2, -0.15) is 13.2 Å². The Balaban J connectivity index is 1.75. The number of halogens is 3. The molecule has 6 nitrogen and oxygen atoms in total. The van der Waals surface area contributed by atoms with Crippen LogP contribution in [0.3, 0.4) is 0 Å². The highest BCUT2D eigenvalue weighted by Gasteiger charge is 2.30. The summed E-state index contributed by atoms with van der Waals surface area (Å²) in [5.41, 5.74) is 4.72. The minimum Gasteiger partial charge on any atom is -0.365 e. The fourth-order valence-electron chi connectivity index (χ4n) is 2.24. The number of hydrazine groups is 1. The zero-order valence-corrected chi connectivity index (χ0v) is 14.5. The summed E-state index contributed by atoms with van der Waals surface area (Å²) in [6, 6.07) is 13.1. The van der Waals surface area contributed by atoms with Crippen LogP contribution in [0.4, 0.5) is 23.7 Å². The summed E-state index contributed by atoms with van der Waals surface area (Å²) in [6.07, 6.45) is -4.45. The van der Waals surface area contributed by atoms with Gasteiger partial charge in [-0.15, -0.1) is 0 Å². The number of likely N-dealkylation sites (N-methyl/N-ethyl adjacent to an activating group) is 1. The van der Waals surface area contributed by atoms with Crippen LogP contribution in [-0.2, 0) is 17.5 Å². The maximum Gasteiger partial charge on any atom is 0.416 e. The van der Waals surface area contributed by atoms with Crippen LogP contribution in [0, 0.1) is 0 Å². The summed E-state index contributed by atoms with van der Waals surface area (Å²) in [4.78, 5) is 25.2. The molecular formula is C18H19F3N4O2. The summed E-state index contributed by atoms with van der Waals surface area (Å²) < 4.78 is 38.0. The minimum atomic E-state index is -4.45. The van der Waals surface area contributed by atoms with E-state index in [1.165, 1.54) is 12.1 Å². The Kier molecular flexibility index (Phi) is 6.64. The molecule has 144 valence electrons. The van der Waals surface area contributed by atoms with Gasteiger partial charge in [0.05, 0.1) is 12.1 Å². The van der Waals surface area contributed by atoms with Crippen molar-refractivity contribution in [1.82, 2.24) is 16.2 Å². The molecule has 3 amide bonds. The summed E-state index contributed by atoms with van der Waals surface area (Å²) in [6.45, 7) is -0.104. The van der Waals surface area contributed by atoms with E-state index in [2.05, 4.69) is 16.2 Å². The summed E-state index contributed by atoms with van der Waals surface area (Å²) in [5, 5.41) is 2.37. The fraction of sp³-hybridized carbons (Fsp3) is 0.222. The molecule has 2 aromatic carbocycles. The number of para-hydroxylation sites is 1. The fourth-order valence-corrected chi connectivity index (χ4v) is 2.24. The molecule has 0 saturated carbocycles. The summed E-state index contributed by atoms with van der Waals surface area (Å²) >= 11 is 0. The van der Waals surface area contributed by atoms with Crippen LogP contribution in [0.5, 0.6) is 0 Å². The quantitative estimate of drug-likeness (QED) is 0.699. The number of nitrogens with zero attached hydrogens (tertiary/aromatic N) is 1. The van der Waals surface area contributed by atoms with E-state index in [4.69, 9.17) is 0 Å². The second-order valence-corrected chi connectivity index (χ2v) is 5.75. The van der Waals surface area contributed by atoms with Crippen molar-refractivity contribution in [3.8, 4) is 0 Å². The molecule has 0 aliphatic rings. The molecular weight excluding hydrogens is 361 g/mol. The van der Waals surface area contributed by atoms with Gasteiger partial charge >= 0.3 is 12.2 Å². The van der Waals surface area contributed by atoms with Gasteiger partial charge in [-0.1, -0.05) is 30.3 Å². The Hall–Kier alpha value is -3.23. The second kappa shape index (κ2) is 8.93. The van der Waals surface area contributed by atoms with E-state index >= 15 is 0 Å². The first-order chi connectivity index (χ1) is 12.8. The summed E-state index contributed by atoms with van der Waals surface area (Å²) in [7, 11) is 1.72. The first-order valence-corrected chi connectivity index (χ1v) is 8.00. The number of benzene rings is 2. The number of rotatable bonds is 5. The molecule has 0 saturated heterocycles. The van der Waals surface area contributed by atoms with Crippen molar-refractivity contribution in [2.45, 2.75) is 12.7 Å². The van der Waals surface area contributed by atoms with Gasteiger partial charge in [-0.25, -0.2) is 10.2 Å². The highest BCUT2D eigenvalue weighted by molar-refractivity contribution is 5.84. The number of alkyl halides is 3. The largest absolute Gasteiger partial charge is 0.416 e. The molecule has 0 atom stereocenters. The average Bonchev–Trinajstić information content (AvgIpc) is 2.65. The van der Waals surface area contributed by atoms with Gasteiger partial charge < -0.3 is 10.2 Å². The Morgan fingerprint density at radius 3 is 2.37 bits per heavy atom. The van der Waals surface area contributed by atoms with Crippen LogP contribution in [-0.4, -0.2) is 25.5 Å². The third-order valence-electron chi connectivity index (χ3n) is 3.60. The van der Waals surface area contributed by atoms with Crippen molar-refractivity contribution < 1.29 is 22.8 Å². The normalized spacial score (nSPS) is 10.8. The second-order valence-electron chi connectivity index (χ2n) is 5.75. The number of carbonyl (C=O) groups excluding carboxylic acids is 2. The molecule has 0 aliphatic carbocycles. The number of hydrogen-bond donors (Lipinski definition) is 3. The standard InChI is InChI=1S/C18H19F3N4O2/c1-25(15-8-3-2-4-9-15)12-16(26)23-24-17(27)22-11-13-6-5-7-14(10-13)18(19,20)21/h2-10H,11-12H2,1H3,(H,23,26)(H2,22,24,27). The molecule has 0 fully saturated rings. The van der Waals surface area contributed by atoms with Crippen molar-refractivity contribution in [2.24, 2.45) is 0 Å². The maximum atomic E-state index is 12.7. The van der Waals surface area contributed by atoms with Gasteiger partial charge in [0.2, 0.25) is 0 Å². The Bertz CT molecular complexity index is 782. The van der Waals surface area contributed by atoms with Crippen molar-refractivity contribution in [2.75, 3.05) is 18.5 Å². The van der Waals surface area contributed by atoms with Gasteiger partial charge in [-0.3, -0.25) is 10.2 Å². The number of carbonyl (C=O) groups is 2. The maximum absolute atomic E-state index is 12.7. The zero-order valence-electron chi connectivity index (χ0n) is 14.5. The van der Waals surface area contributed by atoms with Crippen LogP contribution in [0.2, 0.25) is 0 Å². The van der Waals surface area contributed by atoms with Crippen LogP contribution >= 0.6 is 0 Å². The third-order valence-corrected chi connectivity index (χ3v) is 3.60. The van der Waals surface area contributed by atoms with Crippen molar-refractivity contribution in [1.29, 1.82) is 0 Å². The zero-order chi connectivity index (χ0) is 19.9. The lowest BCUT2D eigenvalue weighted by Gasteiger charge is -2.18. The smallest absolute Gasteiger partial charge is 0.365 e. The van der Waals surface area contributed by atoms with E-state index in [1.807, 2.05) is 30.3 Å². The number of nitrogens with one attached hydrogen (secondary N) is 3. The molecule has 9 heteroatoms. The van der Waals surface area contributed by atoms with Crippen LogP contribution in [0.15, 0.2) is 54.6 Å². The van der Waals surface area contributed by atoms with Crippen molar-refractivity contribution in [3.05, 3.63) is 65.7 Å². The molecule has 2 aromatic rings. The SMILES string of the molecule is CN(CC(=O)NNC(=O)NCc1cccc(C(F)(F)F)c1)c1ccccc1. The van der Waals surface area contributed by atoms with Crippen LogP contribution in [0.25, 0.3) is 0 Å².